The van der Waals surface area contributed by atoms with E-state index in [4.69, 9.17) is 5.11 Å². The third kappa shape index (κ3) is 2.76. The Hall–Kier alpha value is -1.14. The van der Waals surface area contributed by atoms with Crippen molar-refractivity contribution >= 4 is 11.9 Å². The second kappa shape index (κ2) is 5.01. The molecular formula is C11H19N3O3. The predicted molar refractivity (Wildman–Crippen MR) is 61.7 cm³/mol. The van der Waals surface area contributed by atoms with Gasteiger partial charge >= 0.3 is 5.97 Å². The number of rotatable bonds is 2. The molecule has 2 N–H and O–H groups in total. The molecule has 0 aliphatic carbocycles. The van der Waals surface area contributed by atoms with Gasteiger partial charge in [-0.1, -0.05) is 0 Å². The van der Waals surface area contributed by atoms with Crippen LogP contribution in [0.5, 0.6) is 0 Å². The van der Waals surface area contributed by atoms with E-state index in [0.29, 0.717) is 12.8 Å². The zero-order valence-electron chi connectivity index (χ0n) is 10.1. The molecule has 6 heteroatoms. The van der Waals surface area contributed by atoms with E-state index < -0.39 is 12.0 Å². The van der Waals surface area contributed by atoms with E-state index in [9.17, 15) is 9.59 Å². The minimum Gasteiger partial charge on any atom is -0.480 e. The molecule has 2 saturated heterocycles. The number of carbonyl (C=O) groups excluding carboxylic acids is 1. The van der Waals surface area contributed by atoms with Crippen molar-refractivity contribution in [2.45, 2.75) is 24.9 Å². The maximum atomic E-state index is 12.1. The summed E-state index contributed by atoms with van der Waals surface area (Å²) in [4.78, 5) is 26.9. The second-order valence-electron chi connectivity index (χ2n) is 4.82. The zero-order valence-corrected chi connectivity index (χ0v) is 10.1. The molecule has 2 aliphatic rings. The number of carboxylic acid groups (broad SMARTS) is 1. The van der Waals surface area contributed by atoms with Crippen molar-refractivity contribution in [3.05, 3.63) is 0 Å². The van der Waals surface area contributed by atoms with Crippen molar-refractivity contribution in [1.29, 1.82) is 0 Å². The molecule has 2 aliphatic heterocycles. The first-order valence-electron chi connectivity index (χ1n) is 6.04. The molecule has 2 fully saturated rings. The number of carbonyl (C=O) groups is 2. The van der Waals surface area contributed by atoms with E-state index in [2.05, 4.69) is 10.2 Å². The molecule has 2 heterocycles. The molecule has 1 amide bonds. The van der Waals surface area contributed by atoms with Crippen molar-refractivity contribution in [3.8, 4) is 0 Å². The number of hydrogen-bond donors (Lipinski definition) is 2. The first-order valence-corrected chi connectivity index (χ1v) is 6.04. The Bertz CT molecular complexity index is 313. The maximum absolute atomic E-state index is 12.1. The van der Waals surface area contributed by atoms with Gasteiger partial charge < -0.3 is 14.9 Å². The van der Waals surface area contributed by atoms with Crippen LogP contribution < -0.4 is 5.32 Å². The fourth-order valence-corrected chi connectivity index (χ4v) is 2.38. The number of nitrogens with one attached hydrogen (secondary N) is 1. The van der Waals surface area contributed by atoms with E-state index in [1.54, 1.807) is 0 Å². The van der Waals surface area contributed by atoms with Gasteiger partial charge in [0.05, 0.1) is 6.04 Å². The van der Waals surface area contributed by atoms with Crippen LogP contribution in [0.2, 0.25) is 0 Å². The van der Waals surface area contributed by atoms with Crippen molar-refractivity contribution < 1.29 is 14.7 Å². The quantitative estimate of drug-likeness (QED) is 0.646. The summed E-state index contributed by atoms with van der Waals surface area (Å²) in [6.45, 7) is 3.26. The average Bonchev–Trinajstić information content (AvgIpc) is 2.78. The molecule has 2 atom stereocenters. The summed E-state index contributed by atoms with van der Waals surface area (Å²) in [5.74, 6) is -0.805. The lowest BCUT2D eigenvalue weighted by molar-refractivity contribution is -0.139. The summed E-state index contributed by atoms with van der Waals surface area (Å²) in [5, 5.41) is 11.8. The molecule has 2 rings (SSSR count). The van der Waals surface area contributed by atoms with Gasteiger partial charge in [0.2, 0.25) is 5.91 Å². The molecule has 6 nitrogen and oxygen atoms in total. The van der Waals surface area contributed by atoms with Crippen LogP contribution in [-0.4, -0.2) is 72.1 Å². The second-order valence-corrected chi connectivity index (χ2v) is 4.82. The van der Waals surface area contributed by atoms with E-state index in [1.165, 1.54) is 0 Å². The molecule has 0 aromatic carbocycles. The number of amides is 1. The highest BCUT2D eigenvalue weighted by Gasteiger charge is 2.35. The number of hydrogen-bond acceptors (Lipinski definition) is 4. The molecular weight excluding hydrogens is 222 g/mol. The van der Waals surface area contributed by atoms with E-state index in [-0.39, 0.29) is 11.9 Å². The van der Waals surface area contributed by atoms with Gasteiger partial charge in [0.1, 0.15) is 6.04 Å². The minimum absolute atomic E-state index is 0.0573. The first-order chi connectivity index (χ1) is 8.08. The van der Waals surface area contributed by atoms with Gasteiger partial charge in [-0.25, -0.2) is 0 Å². The summed E-state index contributed by atoms with van der Waals surface area (Å²) >= 11 is 0. The fraction of sp³-hybridized carbons (Fsp3) is 0.818. The van der Waals surface area contributed by atoms with Crippen molar-refractivity contribution in [2.24, 2.45) is 0 Å². The molecule has 0 radical (unpaired) electrons. The van der Waals surface area contributed by atoms with Crippen LogP contribution in [0.4, 0.5) is 0 Å². The number of carboxylic acids is 1. The lowest BCUT2D eigenvalue weighted by Crippen LogP contribution is -2.53. The highest BCUT2D eigenvalue weighted by molar-refractivity contribution is 5.84. The van der Waals surface area contributed by atoms with Crippen molar-refractivity contribution in [2.75, 3.05) is 33.2 Å². The Morgan fingerprint density at radius 1 is 1.12 bits per heavy atom. The standard InChI is InChI=1S/C11H19N3O3/c1-13-4-6-14(7-5-13)10(15)8-2-3-9(12-8)11(16)17/h8-9,12H,2-7H2,1H3,(H,16,17)/t8-,9+/m0/s1. The van der Waals surface area contributed by atoms with Crippen LogP contribution >= 0.6 is 0 Å². The van der Waals surface area contributed by atoms with E-state index >= 15 is 0 Å². The number of piperazine rings is 1. The maximum Gasteiger partial charge on any atom is 0.320 e. The number of nitrogens with zero attached hydrogens (tertiary/aromatic N) is 2. The van der Waals surface area contributed by atoms with Crippen LogP contribution in [0.1, 0.15) is 12.8 Å². The summed E-state index contributed by atoms with van der Waals surface area (Å²) in [6.07, 6.45) is 1.17. The third-order valence-electron chi connectivity index (χ3n) is 3.56. The van der Waals surface area contributed by atoms with Gasteiger partial charge in [-0.15, -0.1) is 0 Å². The Morgan fingerprint density at radius 2 is 1.71 bits per heavy atom. The largest absolute Gasteiger partial charge is 0.480 e. The van der Waals surface area contributed by atoms with Crippen molar-refractivity contribution in [1.82, 2.24) is 15.1 Å². The zero-order chi connectivity index (χ0) is 12.4. The minimum atomic E-state index is -0.862. The molecule has 0 aromatic rings. The van der Waals surface area contributed by atoms with Gasteiger partial charge in [0.25, 0.3) is 0 Å². The highest BCUT2D eigenvalue weighted by atomic mass is 16.4. The summed E-state index contributed by atoms with van der Waals surface area (Å²) < 4.78 is 0. The fourth-order valence-electron chi connectivity index (χ4n) is 2.38. The molecule has 0 aromatic heterocycles. The van der Waals surface area contributed by atoms with Crippen LogP contribution in [0.3, 0.4) is 0 Å². The van der Waals surface area contributed by atoms with Gasteiger partial charge in [0, 0.05) is 26.2 Å². The SMILES string of the molecule is CN1CCN(C(=O)[C@@H]2CC[C@H](C(=O)O)N2)CC1. The Morgan fingerprint density at radius 3 is 2.24 bits per heavy atom. The highest BCUT2D eigenvalue weighted by Crippen LogP contribution is 2.15. The van der Waals surface area contributed by atoms with Crippen LogP contribution in [0, 0.1) is 0 Å². The van der Waals surface area contributed by atoms with Gasteiger partial charge in [-0.2, -0.15) is 0 Å². The summed E-state index contributed by atoms with van der Waals surface area (Å²) in [6, 6.07) is -0.865. The molecule has 17 heavy (non-hydrogen) atoms. The smallest absolute Gasteiger partial charge is 0.320 e. The van der Waals surface area contributed by atoms with Gasteiger partial charge in [-0.3, -0.25) is 14.9 Å². The average molecular weight is 241 g/mol. The molecule has 0 unspecified atom stereocenters. The van der Waals surface area contributed by atoms with Crippen LogP contribution in [0.25, 0.3) is 0 Å². The summed E-state index contributed by atoms with van der Waals surface area (Å²) in [7, 11) is 2.04. The van der Waals surface area contributed by atoms with Gasteiger partial charge in [0.15, 0.2) is 0 Å². The molecule has 0 bridgehead atoms. The lowest BCUT2D eigenvalue weighted by atomic mass is 10.1. The first kappa shape index (κ1) is 12.3. The summed E-state index contributed by atoms with van der Waals surface area (Å²) in [5.41, 5.74) is 0. The normalized spacial score (nSPS) is 30.5. The van der Waals surface area contributed by atoms with Crippen molar-refractivity contribution in [3.63, 3.8) is 0 Å². The number of aliphatic carboxylic acids is 1. The number of likely N-dealkylation sites (N-methyl/N-ethyl adjacent to an activating group) is 1. The third-order valence-corrected chi connectivity index (χ3v) is 3.56. The van der Waals surface area contributed by atoms with Gasteiger partial charge in [-0.05, 0) is 19.9 Å². The van der Waals surface area contributed by atoms with Crippen LogP contribution in [0.15, 0.2) is 0 Å². The molecule has 0 saturated carbocycles. The predicted octanol–water partition coefficient (Wildman–Crippen LogP) is -1.03. The molecule has 0 spiro atoms. The molecule has 96 valence electrons. The monoisotopic (exact) mass is 241 g/mol. The Kier molecular flexibility index (Phi) is 3.63. The topological polar surface area (TPSA) is 72.9 Å². The van der Waals surface area contributed by atoms with E-state index in [0.717, 1.165) is 26.2 Å². The Balaban J connectivity index is 1.86. The Labute approximate surface area is 101 Å². The van der Waals surface area contributed by atoms with Crippen LogP contribution in [-0.2, 0) is 9.59 Å². The van der Waals surface area contributed by atoms with E-state index in [1.807, 2.05) is 11.9 Å². The lowest BCUT2D eigenvalue weighted by Gasteiger charge is -2.34.